The Labute approximate surface area is 92.8 Å². The molecule has 0 bridgehead atoms. The minimum atomic E-state index is -0.979. The number of aromatic nitrogens is 3. The predicted octanol–water partition coefficient (Wildman–Crippen LogP) is 1.86. The summed E-state index contributed by atoms with van der Waals surface area (Å²) >= 11 is 0. The summed E-state index contributed by atoms with van der Waals surface area (Å²) in [7, 11) is 0. The summed E-state index contributed by atoms with van der Waals surface area (Å²) in [6.45, 7) is 5.75. The van der Waals surface area contributed by atoms with Crippen LogP contribution in [0.25, 0.3) is 5.65 Å². The molecule has 1 N–H and O–H groups in total. The number of carboxylic acid groups (broad SMARTS) is 1. The van der Waals surface area contributed by atoms with Crippen LogP contribution in [0.2, 0.25) is 0 Å². The van der Waals surface area contributed by atoms with Crippen LogP contribution in [0.1, 0.15) is 41.5 Å². The Kier molecular flexibility index (Phi) is 2.38. The SMILES string of the molecule is Cc1nc2c(C(C)C)cncn2c1C(=O)O. The van der Waals surface area contributed by atoms with E-state index >= 15 is 0 Å². The Morgan fingerprint density at radius 1 is 1.50 bits per heavy atom. The lowest BCUT2D eigenvalue weighted by atomic mass is 10.1. The van der Waals surface area contributed by atoms with Gasteiger partial charge in [-0.05, 0) is 12.8 Å². The Balaban J connectivity index is 2.83. The zero-order valence-corrected chi connectivity index (χ0v) is 9.43. The quantitative estimate of drug-likeness (QED) is 0.837. The van der Waals surface area contributed by atoms with E-state index in [1.807, 2.05) is 13.8 Å². The molecule has 84 valence electrons. The Morgan fingerprint density at radius 3 is 2.75 bits per heavy atom. The highest BCUT2D eigenvalue weighted by Gasteiger charge is 2.18. The number of aromatic carboxylic acids is 1. The summed E-state index contributed by atoms with van der Waals surface area (Å²) in [6.07, 6.45) is 3.22. The molecule has 5 nitrogen and oxygen atoms in total. The number of rotatable bonds is 2. The van der Waals surface area contributed by atoms with Gasteiger partial charge in [0, 0.05) is 11.8 Å². The number of carbonyl (C=O) groups is 1. The van der Waals surface area contributed by atoms with E-state index in [2.05, 4.69) is 9.97 Å². The fourth-order valence-corrected chi connectivity index (χ4v) is 1.77. The molecule has 2 aromatic rings. The summed E-state index contributed by atoms with van der Waals surface area (Å²) in [6, 6.07) is 0. The van der Waals surface area contributed by atoms with Crippen LogP contribution in [0, 0.1) is 6.92 Å². The van der Waals surface area contributed by atoms with Gasteiger partial charge in [0.05, 0.1) is 5.69 Å². The van der Waals surface area contributed by atoms with Crippen LogP contribution >= 0.6 is 0 Å². The lowest BCUT2D eigenvalue weighted by Crippen LogP contribution is -2.05. The van der Waals surface area contributed by atoms with Crippen LogP contribution in [0.3, 0.4) is 0 Å². The Morgan fingerprint density at radius 2 is 2.19 bits per heavy atom. The van der Waals surface area contributed by atoms with Crippen molar-refractivity contribution in [3.63, 3.8) is 0 Å². The number of carboxylic acids is 1. The zero-order chi connectivity index (χ0) is 11.9. The van der Waals surface area contributed by atoms with E-state index in [0.717, 1.165) is 5.56 Å². The van der Waals surface area contributed by atoms with Gasteiger partial charge in [0.15, 0.2) is 5.69 Å². The minimum Gasteiger partial charge on any atom is -0.477 e. The molecule has 0 unspecified atom stereocenters. The molecule has 0 atom stereocenters. The molecule has 16 heavy (non-hydrogen) atoms. The fraction of sp³-hybridized carbons (Fsp3) is 0.364. The average molecular weight is 219 g/mol. The molecule has 0 spiro atoms. The second-order valence-electron chi connectivity index (χ2n) is 4.05. The lowest BCUT2D eigenvalue weighted by molar-refractivity contribution is 0.0688. The van der Waals surface area contributed by atoms with E-state index in [-0.39, 0.29) is 11.6 Å². The van der Waals surface area contributed by atoms with Gasteiger partial charge in [-0.15, -0.1) is 0 Å². The molecule has 0 amide bonds. The van der Waals surface area contributed by atoms with Gasteiger partial charge in [0.2, 0.25) is 0 Å². The van der Waals surface area contributed by atoms with Gasteiger partial charge in [-0.1, -0.05) is 13.8 Å². The van der Waals surface area contributed by atoms with E-state index in [4.69, 9.17) is 5.11 Å². The Hall–Kier alpha value is -1.91. The molecule has 2 rings (SSSR count). The van der Waals surface area contributed by atoms with Gasteiger partial charge in [-0.2, -0.15) is 0 Å². The number of hydrogen-bond donors (Lipinski definition) is 1. The van der Waals surface area contributed by atoms with Crippen LogP contribution in [-0.4, -0.2) is 25.4 Å². The maximum atomic E-state index is 11.1. The van der Waals surface area contributed by atoms with Crippen LogP contribution in [0.5, 0.6) is 0 Å². The van der Waals surface area contributed by atoms with Crippen molar-refractivity contribution < 1.29 is 9.90 Å². The van der Waals surface area contributed by atoms with E-state index in [1.54, 1.807) is 13.1 Å². The molecule has 2 aromatic heterocycles. The topological polar surface area (TPSA) is 67.5 Å². The predicted molar refractivity (Wildman–Crippen MR) is 58.8 cm³/mol. The van der Waals surface area contributed by atoms with Crippen molar-refractivity contribution >= 4 is 11.6 Å². The number of imidazole rings is 1. The number of nitrogens with zero attached hydrogens (tertiary/aromatic N) is 3. The highest BCUT2D eigenvalue weighted by Crippen LogP contribution is 2.21. The van der Waals surface area contributed by atoms with Crippen molar-refractivity contribution in [2.75, 3.05) is 0 Å². The first kappa shape index (κ1) is 10.6. The highest BCUT2D eigenvalue weighted by atomic mass is 16.4. The van der Waals surface area contributed by atoms with Crippen molar-refractivity contribution in [3.8, 4) is 0 Å². The number of hydrogen-bond acceptors (Lipinski definition) is 3. The zero-order valence-electron chi connectivity index (χ0n) is 9.43. The van der Waals surface area contributed by atoms with Crippen molar-refractivity contribution in [2.45, 2.75) is 26.7 Å². The first-order valence-electron chi connectivity index (χ1n) is 5.08. The second-order valence-corrected chi connectivity index (χ2v) is 4.05. The Bertz CT molecular complexity index is 558. The molecule has 0 radical (unpaired) electrons. The molecule has 2 heterocycles. The monoisotopic (exact) mass is 219 g/mol. The third-order valence-corrected chi connectivity index (χ3v) is 2.56. The average Bonchev–Trinajstić information content (AvgIpc) is 2.52. The maximum absolute atomic E-state index is 11.1. The highest BCUT2D eigenvalue weighted by molar-refractivity contribution is 5.88. The van der Waals surface area contributed by atoms with E-state index < -0.39 is 5.97 Å². The fourth-order valence-electron chi connectivity index (χ4n) is 1.77. The summed E-state index contributed by atoms with van der Waals surface area (Å²) in [4.78, 5) is 19.4. The van der Waals surface area contributed by atoms with Crippen molar-refractivity contribution in [1.29, 1.82) is 0 Å². The van der Waals surface area contributed by atoms with Crippen LogP contribution in [0.15, 0.2) is 12.5 Å². The summed E-state index contributed by atoms with van der Waals surface area (Å²) in [5.74, 6) is -0.715. The molecule has 0 fully saturated rings. The van der Waals surface area contributed by atoms with Crippen molar-refractivity contribution in [3.05, 3.63) is 29.5 Å². The van der Waals surface area contributed by atoms with E-state index in [1.165, 1.54) is 10.7 Å². The molecule has 0 aliphatic heterocycles. The summed E-state index contributed by atoms with van der Waals surface area (Å²) < 4.78 is 1.53. The molecule has 0 saturated carbocycles. The van der Waals surface area contributed by atoms with Crippen LogP contribution in [0.4, 0.5) is 0 Å². The normalized spacial score (nSPS) is 11.2. The van der Waals surface area contributed by atoms with Crippen molar-refractivity contribution in [1.82, 2.24) is 14.4 Å². The van der Waals surface area contributed by atoms with Gasteiger partial charge in [-0.3, -0.25) is 4.40 Å². The van der Waals surface area contributed by atoms with Crippen molar-refractivity contribution in [2.24, 2.45) is 0 Å². The first-order valence-corrected chi connectivity index (χ1v) is 5.08. The molecular formula is C11H13N3O2. The van der Waals surface area contributed by atoms with E-state index in [0.29, 0.717) is 11.3 Å². The molecule has 0 aliphatic carbocycles. The molecular weight excluding hydrogens is 206 g/mol. The van der Waals surface area contributed by atoms with E-state index in [9.17, 15) is 4.79 Å². The summed E-state index contributed by atoms with van der Waals surface area (Å²) in [5, 5.41) is 9.09. The van der Waals surface area contributed by atoms with Gasteiger partial charge < -0.3 is 5.11 Å². The largest absolute Gasteiger partial charge is 0.477 e. The lowest BCUT2D eigenvalue weighted by Gasteiger charge is -2.05. The van der Waals surface area contributed by atoms with Gasteiger partial charge >= 0.3 is 5.97 Å². The number of aryl methyl sites for hydroxylation is 1. The molecule has 5 heteroatoms. The third kappa shape index (κ3) is 1.44. The third-order valence-electron chi connectivity index (χ3n) is 2.56. The smallest absolute Gasteiger partial charge is 0.354 e. The molecule has 0 aliphatic rings. The maximum Gasteiger partial charge on any atom is 0.354 e. The minimum absolute atomic E-state index is 0.185. The van der Waals surface area contributed by atoms with Gasteiger partial charge in [0.1, 0.15) is 12.0 Å². The molecule has 0 saturated heterocycles. The number of fused-ring (bicyclic) bond motifs is 1. The second kappa shape index (κ2) is 3.59. The first-order chi connectivity index (χ1) is 7.52. The van der Waals surface area contributed by atoms with Crippen LogP contribution in [-0.2, 0) is 0 Å². The van der Waals surface area contributed by atoms with Gasteiger partial charge in [0.25, 0.3) is 0 Å². The molecule has 0 aromatic carbocycles. The van der Waals surface area contributed by atoms with Gasteiger partial charge in [-0.25, -0.2) is 14.8 Å². The standard InChI is InChI=1S/C11H13N3O2/c1-6(2)8-4-12-5-14-9(11(15)16)7(3)13-10(8)14/h4-6H,1-3H3,(H,15,16). The summed E-state index contributed by atoms with van der Waals surface area (Å²) in [5.41, 5.74) is 2.34. The van der Waals surface area contributed by atoms with Crippen LogP contribution < -0.4 is 0 Å².